The summed E-state index contributed by atoms with van der Waals surface area (Å²) in [7, 11) is 0. The Morgan fingerprint density at radius 1 is 1.32 bits per heavy atom. The minimum atomic E-state index is -1.18. The number of hydrogen-bond donors (Lipinski definition) is 2. The van der Waals surface area contributed by atoms with Crippen LogP contribution in [0.4, 0.5) is 0 Å². The number of hydrogen-bond acceptors (Lipinski definition) is 6. The average molecular weight is 320 g/mol. The molecule has 0 aromatic carbocycles. The summed E-state index contributed by atoms with van der Waals surface area (Å²) in [6.45, 7) is 5.74. The highest BCUT2D eigenvalue weighted by Crippen LogP contribution is 2.27. The first-order valence-corrected chi connectivity index (χ1v) is 7.54. The molecule has 2 aromatic rings. The van der Waals surface area contributed by atoms with Crippen LogP contribution in [0.2, 0.25) is 0 Å². The van der Waals surface area contributed by atoms with Crippen molar-refractivity contribution in [3.05, 3.63) is 39.9 Å². The Morgan fingerprint density at radius 2 is 1.95 bits per heavy atom. The molecule has 1 atom stereocenters. The number of aromatic nitrogens is 3. The highest BCUT2D eigenvalue weighted by molar-refractivity contribution is 7.09. The largest absolute Gasteiger partial charge is 0.476 e. The zero-order chi connectivity index (χ0) is 16.3. The molecule has 0 radical (unpaired) electrons. The molecule has 2 heterocycles. The predicted molar refractivity (Wildman–Crippen MR) is 81.0 cm³/mol. The van der Waals surface area contributed by atoms with Crippen LogP contribution < -0.4 is 5.32 Å². The molecule has 1 unspecified atom stereocenters. The Kier molecular flexibility index (Phi) is 4.51. The first-order valence-electron chi connectivity index (χ1n) is 6.66. The van der Waals surface area contributed by atoms with E-state index in [0.717, 1.165) is 23.1 Å². The molecule has 0 saturated heterocycles. The van der Waals surface area contributed by atoms with Gasteiger partial charge in [0.15, 0.2) is 5.69 Å². The van der Waals surface area contributed by atoms with E-state index < -0.39 is 17.4 Å². The summed E-state index contributed by atoms with van der Waals surface area (Å²) in [5.41, 5.74) is 0.159. The Balaban J connectivity index is 2.20. The molecule has 2 N–H and O–H groups in total. The average Bonchev–Trinajstić information content (AvgIpc) is 2.94. The van der Waals surface area contributed by atoms with Gasteiger partial charge in [-0.3, -0.25) is 4.79 Å². The van der Waals surface area contributed by atoms with Gasteiger partial charge in [-0.05, 0) is 20.3 Å². The van der Waals surface area contributed by atoms with Gasteiger partial charge in [0, 0.05) is 11.1 Å². The van der Waals surface area contributed by atoms with Crippen LogP contribution in [0.1, 0.15) is 51.9 Å². The second-order valence-electron chi connectivity index (χ2n) is 5.03. The molecule has 0 aliphatic rings. The molecular formula is C14H16N4O3S. The zero-order valence-electron chi connectivity index (χ0n) is 12.5. The number of carbonyl (C=O) groups excluding carboxylic acids is 1. The second kappa shape index (κ2) is 6.18. The molecule has 0 aliphatic heterocycles. The Bertz CT molecular complexity index is 698. The summed E-state index contributed by atoms with van der Waals surface area (Å²) >= 11 is 1.49. The van der Waals surface area contributed by atoms with E-state index in [2.05, 4.69) is 20.3 Å². The molecule has 2 rings (SSSR count). The van der Waals surface area contributed by atoms with E-state index in [1.807, 2.05) is 26.2 Å². The minimum absolute atomic E-state index is 0.0675. The van der Waals surface area contributed by atoms with Crippen molar-refractivity contribution in [3.8, 4) is 0 Å². The standard InChI is InChI=1S/C14H16N4O3S/c1-4-14(3,13-17-8(2)7-22-13)18-11(19)9-5-16-10(6-15-9)12(20)21/h5-7H,4H2,1-3H3,(H,18,19)(H,20,21). The molecule has 0 bridgehead atoms. The van der Waals surface area contributed by atoms with Gasteiger partial charge < -0.3 is 10.4 Å². The van der Waals surface area contributed by atoms with Gasteiger partial charge in [0.2, 0.25) is 0 Å². The highest BCUT2D eigenvalue weighted by Gasteiger charge is 2.30. The molecule has 7 nitrogen and oxygen atoms in total. The summed E-state index contributed by atoms with van der Waals surface area (Å²) in [5, 5.41) is 14.4. The summed E-state index contributed by atoms with van der Waals surface area (Å²) in [5.74, 6) is -1.60. The second-order valence-corrected chi connectivity index (χ2v) is 5.88. The Labute approximate surface area is 131 Å². The number of carbonyl (C=O) groups is 2. The predicted octanol–water partition coefficient (Wildman–Crippen LogP) is 1.99. The van der Waals surface area contributed by atoms with Gasteiger partial charge in [0.25, 0.3) is 5.91 Å². The lowest BCUT2D eigenvalue weighted by Crippen LogP contribution is -2.43. The lowest BCUT2D eigenvalue weighted by atomic mass is 9.99. The third kappa shape index (κ3) is 3.28. The molecule has 2 aromatic heterocycles. The van der Waals surface area contributed by atoms with Gasteiger partial charge in [0.05, 0.1) is 17.9 Å². The van der Waals surface area contributed by atoms with Gasteiger partial charge in [-0.25, -0.2) is 19.7 Å². The van der Waals surface area contributed by atoms with Gasteiger partial charge >= 0.3 is 5.97 Å². The smallest absolute Gasteiger partial charge is 0.356 e. The maximum Gasteiger partial charge on any atom is 0.356 e. The number of nitrogens with one attached hydrogen (secondary N) is 1. The molecule has 0 fully saturated rings. The van der Waals surface area contributed by atoms with Crippen molar-refractivity contribution >= 4 is 23.2 Å². The third-order valence-corrected chi connectivity index (χ3v) is 4.52. The minimum Gasteiger partial charge on any atom is -0.476 e. The number of nitrogens with zero attached hydrogens (tertiary/aromatic N) is 3. The third-order valence-electron chi connectivity index (χ3n) is 3.29. The Morgan fingerprint density at radius 3 is 2.41 bits per heavy atom. The molecule has 0 aliphatic carbocycles. The summed E-state index contributed by atoms with van der Waals surface area (Å²) in [4.78, 5) is 35.0. The maximum atomic E-state index is 12.3. The number of rotatable bonds is 5. The number of carboxylic acid groups (broad SMARTS) is 1. The number of carboxylic acids is 1. The summed E-state index contributed by atoms with van der Waals surface area (Å²) < 4.78 is 0. The van der Waals surface area contributed by atoms with Gasteiger partial charge in [-0.2, -0.15) is 0 Å². The van der Waals surface area contributed by atoms with Crippen LogP contribution in [0.5, 0.6) is 0 Å². The van der Waals surface area contributed by atoms with E-state index in [9.17, 15) is 9.59 Å². The van der Waals surface area contributed by atoms with Gasteiger partial charge in [0.1, 0.15) is 10.7 Å². The fourth-order valence-electron chi connectivity index (χ4n) is 1.77. The van der Waals surface area contributed by atoms with Crippen LogP contribution in [0.25, 0.3) is 0 Å². The van der Waals surface area contributed by atoms with Gasteiger partial charge in [-0.15, -0.1) is 11.3 Å². The fraction of sp³-hybridized carbons (Fsp3) is 0.357. The van der Waals surface area contributed by atoms with Crippen LogP contribution in [-0.2, 0) is 5.54 Å². The molecule has 8 heteroatoms. The van der Waals surface area contributed by atoms with Crippen LogP contribution >= 0.6 is 11.3 Å². The molecule has 116 valence electrons. The lowest BCUT2D eigenvalue weighted by molar-refractivity contribution is 0.0688. The molecule has 1 amide bonds. The zero-order valence-corrected chi connectivity index (χ0v) is 13.3. The van der Waals surface area contributed by atoms with Crippen LogP contribution in [0, 0.1) is 6.92 Å². The normalized spacial score (nSPS) is 13.4. The summed E-state index contributed by atoms with van der Waals surface area (Å²) in [6, 6.07) is 0. The first-order chi connectivity index (χ1) is 10.4. The quantitative estimate of drug-likeness (QED) is 0.873. The molecule has 0 saturated carbocycles. The van der Waals surface area contributed by atoms with E-state index in [1.54, 1.807) is 0 Å². The van der Waals surface area contributed by atoms with Crippen LogP contribution in [0.3, 0.4) is 0 Å². The molecule has 0 spiro atoms. The van der Waals surface area contributed by atoms with E-state index in [0.29, 0.717) is 6.42 Å². The number of thiazole rings is 1. The summed E-state index contributed by atoms with van der Waals surface area (Å²) in [6.07, 6.45) is 2.88. The highest BCUT2D eigenvalue weighted by atomic mass is 32.1. The van der Waals surface area contributed by atoms with Crippen LogP contribution in [-0.4, -0.2) is 31.9 Å². The van der Waals surface area contributed by atoms with E-state index in [4.69, 9.17) is 5.11 Å². The number of aromatic carboxylic acids is 1. The monoisotopic (exact) mass is 320 g/mol. The number of aryl methyl sites for hydroxylation is 1. The van der Waals surface area contributed by atoms with Crippen molar-refractivity contribution < 1.29 is 14.7 Å². The van der Waals surface area contributed by atoms with E-state index >= 15 is 0 Å². The fourth-order valence-corrected chi connectivity index (χ4v) is 2.76. The van der Waals surface area contributed by atoms with Gasteiger partial charge in [-0.1, -0.05) is 6.92 Å². The SMILES string of the molecule is CCC(C)(NC(=O)c1cnc(C(=O)O)cn1)c1nc(C)cs1. The molecule has 22 heavy (non-hydrogen) atoms. The molecular weight excluding hydrogens is 304 g/mol. The van der Waals surface area contributed by atoms with Crippen molar-refractivity contribution in [2.45, 2.75) is 32.7 Å². The van der Waals surface area contributed by atoms with Crippen LogP contribution in [0.15, 0.2) is 17.8 Å². The van der Waals surface area contributed by atoms with Crippen molar-refractivity contribution in [1.29, 1.82) is 0 Å². The number of amides is 1. The lowest BCUT2D eigenvalue weighted by Gasteiger charge is -2.27. The maximum absolute atomic E-state index is 12.3. The van der Waals surface area contributed by atoms with E-state index in [-0.39, 0.29) is 11.4 Å². The van der Waals surface area contributed by atoms with E-state index in [1.165, 1.54) is 11.3 Å². The van der Waals surface area contributed by atoms with Crippen molar-refractivity contribution in [1.82, 2.24) is 20.3 Å². The van der Waals surface area contributed by atoms with Crippen molar-refractivity contribution in [3.63, 3.8) is 0 Å². The Hall–Kier alpha value is -2.35. The van der Waals surface area contributed by atoms with Crippen molar-refractivity contribution in [2.75, 3.05) is 0 Å². The topological polar surface area (TPSA) is 105 Å². The van der Waals surface area contributed by atoms with Crippen molar-refractivity contribution in [2.24, 2.45) is 0 Å². The first kappa shape index (κ1) is 16.0.